The van der Waals surface area contributed by atoms with Crippen LogP contribution in [0.5, 0.6) is 5.75 Å². The number of ether oxygens (including phenoxy) is 2. The van der Waals surface area contributed by atoms with Crippen LogP contribution in [0.25, 0.3) is 0 Å². The summed E-state index contributed by atoms with van der Waals surface area (Å²) in [5.74, 6) is 2.03. The van der Waals surface area contributed by atoms with Crippen molar-refractivity contribution in [3.63, 3.8) is 0 Å². The first-order valence-corrected chi connectivity index (χ1v) is 10.3. The van der Waals surface area contributed by atoms with Crippen LogP contribution in [0.4, 0.5) is 4.79 Å². The van der Waals surface area contributed by atoms with E-state index in [2.05, 4.69) is 9.97 Å². The van der Waals surface area contributed by atoms with Gasteiger partial charge in [0.25, 0.3) is 0 Å². The maximum absolute atomic E-state index is 12.2. The van der Waals surface area contributed by atoms with Crippen LogP contribution in [-0.2, 0) is 17.8 Å². The van der Waals surface area contributed by atoms with E-state index in [1.807, 2.05) is 58.0 Å². The molecule has 1 aliphatic heterocycles. The second-order valence-corrected chi connectivity index (χ2v) is 8.63. The van der Waals surface area contributed by atoms with Crippen molar-refractivity contribution in [3.8, 4) is 5.75 Å². The number of hydrogen-bond donors (Lipinski definition) is 0. The number of nitrogens with zero attached hydrogens (tertiary/aromatic N) is 3. The number of rotatable bonds is 5. The van der Waals surface area contributed by atoms with Gasteiger partial charge in [-0.1, -0.05) is 30.3 Å². The normalized spacial score (nSPS) is 15.2. The lowest BCUT2D eigenvalue weighted by Gasteiger charge is -2.33. The number of aromatic nitrogens is 2. The van der Waals surface area contributed by atoms with Gasteiger partial charge in [-0.15, -0.1) is 0 Å². The van der Waals surface area contributed by atoms with Crippen LogP contribution >= 0.6 is 0 Å². The second-order valence-electron chi connectivity index (χ2n) is 8.63. The molecule has 156 valence electrons. The number of aryl methyl sites for hydroxylation is 1. The Morgan fingerprint density at radius 1 is 1.17 bits per heavy atom. The van der Waals surface area contributed by atoms with Gasteiger partial charge < -0.3 is 14.4 Å². The predicted octanol–water partition coefficient (Wildman–Crippen LogP) is 4.55. The minimum absolute atomic E-state index is 0.219. The third-order valence-electron chi connectivity index (χ3n) is 4.96. The van der Waals surface area contributed by atoms with Gasteiger partial charge in [-0.3, -0.25) is 0 Å². The predicted molar refractivity (Wildman–Crippen MR) is 112 cm³/mol. The molecule has 29 heavy (non-hydrogen) atoms. The highest BCUT2D eigenvalue weighted by molar-refractivity contribution is 5.68. The van der Waals surface area contributed by atoms with E-state index in [4.69, 9.17) is 9.47 Å². The van der Waals surface area contributed by atoms with Crippen molar-refractivity contribution in [1.29, 1.82) is 0 Å². The zero-order valence-corrected chi connectivity index (χ0v) is 17.9. The number of likely N-dealkylation sites (tertiary alicyclic amines) is 1. The third-order valence-corrected chi connectivity index (χ3v) is 4.96. The molecule has 3 rings (SSSR count). The standard InChI is InChI=1S/C23H31N3O3/c1-17-20(28-16-19-8-6-5-7-9-19)15-24-21(25-17)14-18-10-12-26(13-11-18)22(27)29-23(2,3)4/h5-9,15,18H,10-14,16H2,1-4H3. The molecule has 1 saturated heterocycles. The number of piperidine rings is 1. The third kappa shape index (κ3) is 6.44. The summed E-state index contributed by atoms with van der Waals surface area (Å²) in [6.07, 6.45) is 4.25. The maximum Gasteiger partial charge on any atom is 0.410 e. The monoisotopic (exact) mass is 397 g/mol. The number of carbonyl (C=O) groups excluding carboxylic acids is 1. The quantitative estimate of drug-likeness (QED) is 0.740. The summed E-state index contributed by atoms with van der Waals surface area (Å²) in [5.41, 5.74) is 1.52. The summed E-state index contributed by atoms with van der Waals surface area (Å²) in [7, 11) is 0. The molecule has 6 heteroatoms. The van der Waals surface area contributed by atoms with Crippen molar-refractivity contribution < 1.29 is 14.3 Å². The second kappa shape index (κ2) is 9.25. The van der Waals surface area contributed by atoms with Crippen LogP contribution in [0.3, 0.4) is 0 Å². The van der Waals surface area contributed by atoms with Crippen molar-refractivity contribution in [1.82, 2.24) is 14.9 Å². The summed E-state index contributed by atoms with van der Waals surface area (Å²) < 4.78 is 11.3. The van der Waals surface area contributed by atoms with Crippen LogP contribution in [-0.4, -0.2) is 39.7 Å². The first-order valence-electron chi connectivity index (χ1n) is 10.3. The molecule has 0 bridgehead atoms. The van der Waals surface area contributed by atoms with Crippen molar-refractivity contribution in [2.75, 3.05) is 13.1 Å². The average molecular weight is 398 g/mol. The lowest BCUT2D eigenvalue weighted by Crippen LogP contribution is -2.42. The molecule has 0 N–H and O–H groups in total. The summed E-state index contributed by atoms with van der Waals surface area (Å²) in [4.78, 5) is 23.1. The van der Waals surface area contributed by atoms with E-state index in [0.29, 0.717) is 12.5 Å². The fourth-order valence-electron chi connectivity index (χ4n) is 3.38. The maximum atomic E-state index is 12.2. The van der Waals surface area contributed by atoms with Gasteiger partial charge in [0.05, 0.1) is 11.9 Å². The molecule has 1 fully saturated rings. The molecular weight excluding hydrogens is 366 g/mol. The zero-order chi connectivity index (χ0) is 20.9. The molecule has 0 radical (unpaired) electrons. The Morgan fingerprint density at radius 2 is 1.86 bits per heavy atom. The molecule has 0 unspecified atom stereocenters. The fourth-order valence-corrected chi connectivity index (χ4v) is 3.38. The van der Waals surface area contributed by atoms with E-state index in [-0.39, 0.29) is 6.09 Å². The highest BCUT2D eigenvalue weighted by Crippen LogP contribution is 2.23. The first-order chi connectivity index (χ1) is 13.8. The van der Waals surface area contributed by atoms with Gasteiger partial charge in [-0.2, -0.15) is 0 Å². The molecule has 1 amide bonds. The van der Waals surface area contributed by atoms with E-state index in [1.54, 1.807) is 11.1 Å². The fraction of sp³-hybridized carbons (Fsp3) is 0.522. The first kappa shape index (κ1) is 21.1. The Balaban J connectivity index is 1.49. The van der Waals surface area contributed by atoms with Crippen LogP contribution in [0.1, 0.15) is 50.7 Å². The Bertz CT molecular complexity index is 810. The minimum Gasteiger partial charge on any atom is -0.485 e. The van der Waals surface area contributed by atoms with Crippen LogP contribution in [0, 0.1) is 12.8 Å². The van der Waals surface area contributed by atoms with E-state index in [0.717, 1.165) is 55.2 Å². The van der Waals surface area contributed by atoms with E-state index in [1.165, 1.54) is 0 Å². The Hall–Kier alpha value is -2.63. The molecule has 0 spiro atoms. The number of hydrogen-bond acceptors (Lipinski definition) is 5. The molecule has 2 aromatic rings. The molecule has 1 aromatic heterocycles. The van der Waals surface area contributed by atoms with Gasteiger partial charge >= 0.3 is 6.09 Å². The van der Waals surface area contributed by atoms with Gasteiger partial charge in [0.1, 0.15) is 18.0 Å². The van der Waals surface area contributed by atoms with Crippen LogP contribution in [0.2, 0.25) is 0 Å². The number of carbonyl (C=O) groups is 1. The highest BCUT2D eigenvalue weighted by atomic mass is 16.6. The molecule has 0 aliphatic carbocycles. The minimum atomic E-state index is -0.455. The molecule has 0 atom stereocenters. The molecule has 1 aromatic carbocycles. The lowest BCUT2D eigenvalue weighted by molar-refractivity contribution is 0.0183. The summed E-state index contributed by atoms with van der Waals surface area (Å²) in [6.45, 7) is 9.58. The van der Waals surface area contributed by atoms with Crippen molar-refractivity contribution >= 4 is 6.09 Å². The lowest BCUT2D eigenvalue weighted by atomic mass is 9.93. The topological polar surface area (TPSA) is 64.6 Å². The zero-order valence-electron chi connectivity index (χ0n) is 17.9. The van der Waals surface area contributed by atoms with Gasteiger partial charge in [0.2, 0.25) is 0 Å². The van der Waals surface area contributed by atoms with Gasteiger partial charge in [0, 0.05) is 19.5 Å². The molecule has 2 heterocycles. The summed E-state index contributed by atoms with van der Waals surface area (Å²) in [6, 6.07) is 10.1. The Labute approximate surface area is 173 Å². The van der Waals surface area contributed by atoms with Crippen LogP contribution in [0.15, 0.2) is 36.5 Å². The van der Waals surface area contributed by atoms with E-state index >= 15 is 0 Å². The molecule has 0 saturated carbocycles. The van der Waals surface area contributed by atoms with Crippen molar-refractivity contribution in [2.45, 2.75) is 59.2 Å². The summed E-state index contributed by atoms with van der Waals surface area (Å²) >= 11 is 0. The van der Waals surface area contributed by atoms with Gasteiger partial charge in [0.15, 0.2) is 5.75 Å². The van der Waals surface area contributed by atoms with Crippen molar-refractivity contribution in [3.05, 3.63) is 53.6 Å². The van der Waals surface area contributed by atoms with Crippen LogP contribution < -0.4 is 4.74 Å². The Kier molecular flexibility index (Phi) is 6.72. The average Bonchev–Trinajstić information content (AvgIpc) is 2.67. The largest absolute Gasteiger partial charge is 0.485 e. The van der Waals surface area contributed by atoms with E-state index < -0.39 is 5.60 Å². The molecular formula is C23H31N3O3. The van der Waals surface area contributed by atoms with Crippen molar-refractivity contribution in [2.24, 2.45) is 5.92 Å². The van der Waals surface area contributed by atoms with Gasteiger partial charge in [-0.05, 0) is 52.0 Å². The smallest absolute Gasteiger partial charge is 0.410 e. The SMILES string of the molecule is Cc1nc(CC2CCN(C(=O)OC(C)(C)C)CC2)ncc1OCc1ccccc1. The summed E-state index contributed by atoms with van der Waals surface area (Å²) in [5, 5.41) is 0. The number of amides is 1. The molecule has 6 nitrogen and oxygen atoms in total. The van der Waals surface area contributed by atoms with E-state index in [9.17, 15) is 4.79 Å². The Morgan fingerprint density at radius 3 is 2.48 bits per heavy atom. The molecule has 1 aliphatic rings. The number of benzene rings is 1. The highest BCUT2D eigenvalue weighted by Gasteiger charge is 2.27. The van der Waals surface area contributed by atoms with Gasteiger partial charge in [-0.25, -0.2) is 14.8 Å².